The molecule has 0 aliphatic carbocycles. The number of aryl methyl sites for hydroxylation is 3. The zero-order valence-corrected chi connectivity index (χ0v) is 15.8. The molecule has 7 nitrogen and oxygen atoms in total. The Morgan fingerprint density at radius 3 is 2.31 bits per heavy atom. The number of nitrogens with one attached hydrogen (secondary N) is 1. The van der Waals surface area contributed by atoms with Gasteiger partial charge in [0.1, 0.15) is 0 Å². The largest absolute Gasteiger partial charge is 0.327 e. The van der Waals surface area contributed by atoms with Crippen LogP contribution in [0.1, 0.15) is 16.7 Å². The summed E-state index contributed by atoms with van der Waals surface area (Å²) in [5, 5.41) is 0. The third-order valence-electron chi connectivity index (χ3n) is 4.00. The van der Waals surface area contributed by atoms with Crippen LogP contribution >= 0.6 is 0 Å². The standard InChI is InChI=1S/C18H21N5O2S/c1-13-11-14(2)16(15(3)12-13)26(24,25)22-8-10-23-9-7-21-18(23)17-19-5-4-6-20-17/h4-7,9,11-12,22H,8,10H2,1-3H3. The average molecular weight is 371 g/mol. The molecule has 0 bridgehead atoms. The van der Waals surface area contributed by atoms with Crippen molar-refractivity contribution in [1.82, 2.24) is 24.2 Å². The predicted octanol–water partition coefficient (Wildman–Crippen LogP) is 2.24. The summed E-state index contributed by atoms with van der Waals surface area (Å²) in [7, 11) is -3.58. The summed E-state index contributed by atoms with van der Waals surface area (Å²) in [5.74, 6) is 1.11. The monoisotopic (exact) mass is 371 g/mol. The first-order valence-electron chi connectivity index (χ1n) is 8.24. The summed E-state index contributed by atoms with van der Waals surface area (Å²) >= 11 is 0. The van der Waals surface area contributed by atoms with Gasteiger partial charge in [-0.05, 0) is 38.0 Å². The first kappa shape index (κ1) is 18.2. The molecule has 1 aromatic carbocycles. The van der Waals surface area contributed by atoms with Crippen LogP contribution in [-0.2, 0) is 16.6 Å². The van der Waals surface area contributed by atoms with Crippen molar-refractivity contribution in [2.45, 2.75) is 32.2 Å². The molecule has 3 aromatic rings. The van der Waals surface area contributed by atoms with E-state index in [2.05, 4.69) is 19.7 Å². The predicted molar refractivity (Wildman–Crippen MR) is 99.1 cm³/mol. The molecule has 0 saturated carbocycles. The molecule has 0 spiro atoms. The van der Waals surface area contributed by atoms with Crippen molar-refractivity contribution in [1.29, 1.82) is 0 Å². The number of hydrogen-bond donors (Lipinski definition) is 1. The Morgan fingerprint density at radius 1 is 1.00 bits per heavy atom. The lowest BCUT2D eigenvalue weighted by molar-refractivity contribution is 0.572. The highest BCUT2D eigenvalue weighted by Crippen LogP contribution is 2.21. The molecule has 0 fully saturated rings. The van der Waals surface area contributed by atoms with Crippen LogP contribution in [0.15, 0.2) is 47.9 Å². The molecule has 26 heavy (non-hydrogen) atoms. The maximum absolute atomic E-state index is 12.7. The Labute approximate surface area is 153 Å². The van der Waals surface area contributed by atoms with E-state index >= 15 is 0 Å². The lowest BCUT2D eigenvalue weighted by atomic mass is 10.1. The van der Waals surface area contributed by atoms with E-state index in [0.717, 1.165) is 16.7 Å². The van der Waals surface area contributed by atoms with Gasteiger partial charge in [-0.3, -0.25) is 0 Å². The molecule has 0 atom stereocenters. The highest BCUT2D eigenvalue weighted by molar-refractivity contribution is 7.89. The van der Waals surface area contributed by atoms with E-state index in [4.69, 9.17) is 0 Å². The molecule has 0 amide bonds. The van der Waals surface area contributed by atoms with E-state index in [-0.39, 0.29) is 6.54 Å². The number of hydrogen-bond acceptors (Lipinski definition) is 5. The topological polar surface area (TPSA) is 89.8 Å². The van der Waals surface area contributed by atoms with E-state index in [9.17, 15) is 8.42 Å². The zero-order chi connectivity index (χ0) is 18.7. The van der Waals surface area contributed by atoms with E-state index < -0.39 is 10.0 Å². The molecule has 2 heterocycles. The fourth-order valence-corrected chi connectivity index (χ4v) is 4.54. The first-order valence-corrected chi connectivity index (χ1v) is 9.73. The summed E-state index contributed by atoms with van der Waals surface area (Å²) in [5.41, 5.74) is 2.54. The van der Waals surface area contributed by atoms with Gasteiger partial charge in [0.15, 0.2) is 11.6 Å². The third kappa shape index (κ3) is 3.81. The minimum atomic E-state index is -3.58. The maximum atomic E-state index is 12.7. The number of benzene rings is 1. The van der Waals surface area contributed by atoms with E-state index in [0.29, 0.717) is 23.1 Å². The highest BCUT2D eigenvalue weighted by atomic mass is 32.2. The second kappa shape index (κ2) is 7.35. The second-order valence-corrected chi connectivity index (χ2v) is 7.85. The minimum absolute atomic E-state index is 0.241. The lowest BCUT2D eigenvalue weighted by Gasteiger charge is -2.14. The Bertz CT molecular complexity index is 990. The van der Waals surface area contributed by atoms with Crippen LogP contribution in [0, 0.1) is 20.8 Å². The van der Waals surface area contributed by atoms with Gasteiger partial charge in [-0.25, -0.2) is 28.1 Å². The van der Waals surface area contributed by atoms with Gasteiger partial charge < -0.3 is 4.57 Å². The van der Waals surface area contributed by atoms with Crippen molar-refractivity contribution in [3.05, 3.63) is 59.7 Å². The molecule has 3 rings (SSSR count). The van der Waals surface area contributed by atoms with Crippen molar-refractivity contribution in [3.8, 4) is 11.6 Å². The SMILES string of the molecule is Cc1cc(C)c(S(=O)(=O)NCCn2ccnc2-c2ncccn2)c(C)c1. The molecule has 0 aliphatic heterocycles. The Kier molecular flexibility index (Phi) is 5.15. The van der Waals surface area contributed by atoms with Crippen LogP contribution in [0.4, 0.5) is 0 Å². The quantitative estimate of drug-likeness (QED) is 0.718. The number of aromatic nitrogens is 4. The van der Waals surface area contributed by atoms with Crippen LogP contribution in [0.2, 0.25) is 0 Å². The van der Waals surface area contributed by atoms with Gasteiger partial charge in [0, 0.05) is 37.9 Å². The number of imidazole rings is 1. The van der Waals surface area contributed by atoms with Crippen LogP contribution in [0.5, 0.6) is 0 Å². The van der Waals surface area contributed by atoms with Gasteiger partial charge in [0.25, 0.3) is 0 Å². The highest BCUT2D eigenvalue weighted by Gasteiger charge is 2.19. The molecule has 136 valence electrons. The van der Waals surface area contributed by atoms with Crippen molar-refractivity contribution in [2.75, 3.05) is 6.54 Å². The van der Waals surface area contributed by atoms with Crippen LogP contribution in [0.3, 0.4) is 0 Å². The zero-order valence-electron chi connectivity index (χ0n) is 15.0. The Balaban J connectivity index is 1.74. The molecule has 0 aliphatic rings. The summed E-state index contributed by atoms with van der Waals surface area (Å²) < 4.78 is 29.9. The van der Waals surface area contributed by atoms with Crippen molar-refractivity contribution in [3.63, 3.8) is 0 Å². The van der Waals surface area contributed by atoms with E-state index in [1.807, 2.05) is 37.5 Å². The molecule has 0 unspecified atom stereocenters. The van der Waals surface area contributed by atoms with Crippen LogP contribution in [0.25, 0.3) is 11.6 Å². The molecule has 0 saturated heterocycles. The van der Waals surface area contributed by atoms with Crippen LogP contribution < -0.4 is 4.72 Å². The van der Waals surface area contributed by atoms with Gasteiger partial charge >= 0.3 is 0 Å². The second-order valence-electron chi connectivity index (χ2n) is 6.14. The van der Waals surface area contributed by atoms with Crippen molar-refractivity contribution < 1.29 is 8.42 Å². The smallest absolute Gasteiger partial charge is 0.241 e. The maximum Gasteiger partial charge on any atom is 0.241 e. The fraction of sp³-hybridized carbons (Fsp3) is 0.278. The molecule has 8 heteroatoms. The first-order chi connectivity index (χ1) is 12.4. The van der Waals surface area contributed by atoms with Gasteiger partial charge in [0.2, 0.25) is 10.0 Å². The van der Waals surface area contributed by atoms with Gasteiger partial charge in [0.05, 0.1) is 4.90 Å². The minimum Gasteiger partial charge on any atom is -0.327 e. The van der Waals surface area contributed by atoms with Gasteiger partial charge in [-0.2, -0.15) is 0 Å². The number of nitrogens with zero attached hydrogens (tertiary/aromatic N) is 4. The van der Waals surface area contributed by atoms with Gasteiger partial charge in [-0.1, -0.05) is 17.7 Å². The van der Waals surface area contributed by atoms with E-state index in [1.54, 1.807) is 30.9 Å². The van der Waals surface area contributed by atoms with Crippen LogP contribution in [-0.4, -0.2) is 34.5 Å². The Hall–Kier alpha value is -2.58. The molecule has 1 N–H and O–H groups in total. The summed E-state index contributed by atoms with van der Waals surface area (Å²) in [6.07, 6.45) is 6.72. The van der Waals surface area contributed by atoms with Crippen molar-refractivity contribution >= 4 is 10.0 Å². The fourth-order valence-electron chi connectivity index (χ4n) is 3.07. The summed E-state index contributed by atoms with van der Waals surface area (Å²) in [6.45, 7) is 6.25. The van der Waals surface area contributed by atoms with Crippen molar-refractivity contribution in [2.24, 2.45) is 0 Å². The summed E-state index contributed by atoms with van der Waals surface area (Å²) in [6, 6.07) is 5.49. The summed E-state index contributed by atoms with van der Waals surface area (Å²) in [4.78, 5) is 13.0. The lowest BCUT2D eigenvalue weighted by Crippen LogP contribution is -2.28. The third-order valence-corrected chi connectivity index (χ3v) is 5.77. The van der Waals surface area contributed by atoms with Gasteiger partial charge in [-0.15, -0.1) is 0 Å². The number of rotatable bonds is 6. The Morgan fingerprint density at radius 2 is 1.65 bits per heavy atom. The normalized spacial score (nSPS) is 11.7. The number of sulfonamides is 1. The molecule has 0 radical (unpaired) electrons. The average Bonchev–Trinajstić information content (AvgIpc) is 3.02. The molecular weight excluding hydrogens is 350 g/mol. The van der Waals surface area contributed by atoms with E-state index in [1.165, 1.54) is 0 Å². The molecular formula is C18H21N5O2S. The molecule has 2 aromatic heterocycles.